The first-order chi connectivity index (χ1) is 15.7. The van der Waals surface area contributed by atoms with Crippen molar-refractivity contribution in [2.75, 3.05) is 26.6 Å². The molecule has 0 radical (unpaired) electrons. The number of ether oxygens (including phenoxy) is 3. The molecule has 0 saturated carbocycles. The summed E-state index contributed by atoms with van der Waals surface area (Å²) in [6, 6.07) is 9.40. The number of carbonyl (C=O) groups is 1. The first kappa shape index (κ1) is 24.1. The molecule has 0 atom stereocenters. The topological polar surface area (TPSA) is 130 Å². The molecule has 176 valence electrons. The van der Waals surface area contributed by atoms with Gasteiger partial charge in [-0.3, -0.25) is 10.1 Å². The van der Waals surface area contributed by atoms with Crippen molar-refractivity contribution in [1.82, 2.24) is 10.2 Å². The summed E-state index contributed by atoms with van der Waals surface area (Å²) in [7, 11) is 1.11. The molecule has 33 heavy (non-hydrogen) atoms. The molecule has 0 bridgehead atoms. The van der Waals surface area contributed by atoms with E-state index in [4.69, 9.17) is 18.6 Å². The van der Waals surface area contributed by atoms with Crippen LogP contribution in [0.15, 0.2) is 45.7 Å². The van der Waals surface area contributed by atoms with Crippen LogP contribution in [0, 0.1) is 0 Å². The Morgan fingerprint density at radius 2 is 1.61 bits per heavy atom. The van der Waals surface area contributed by atoms with Gasteiger partial charge in [0.25, 0.3) is 0 Å². The molecule has 1 N–H and O–H groups in total. The molecule has 0 unspecified atom stereocenters. The van der Waals surface area contributed by atoms with Gasteiger partial charge >= 0.3 is 6.01 Å². The van der Waals surface area contributed by atoms with E-state index in [1.165, 1.54) is 33.5 Å². The molecule has 10 nitrogen and oxygen atoms in total. The Morgan fingerprint density at radius 3 is 2.12 bits per heavy atom. The van der Waals surface area contributed by atoms with Crippen molar-refractivity contribution in [3.8, 4) is 28.7 Å². The Bertz CT molecular complexity index is 1210. The van der Waals surface area contributed by atoms with E-state index in [-0.39, 0.29) is 23.2 Å². The van der Waals surface area contributed by atoms with Crippen molar-refractivity contribution < 1.29 is 31.8 Å². The van der Waals surface area contributed by atoms with Crippen molar-refractivity contribution in [3.05, 3.63) is 42.0 Å². The van der Waals surface area contributed by atoms with E-state index in [0.717, 1.165) is 0 Å². The number of amides is 1. The Balaban J connectivity index is 1.72. The monoisotopic (exact) mass is 475 g/mol. The molecule has 3 rings (SSSR count). The summed E-state index contributed by atoms with van der Waals surface area (Å²) in [5.74, 6) is 1.00. The van der Waals surface area contributed by atoms with Gasteiger partial charge in [0.2, 0.25) is 17.5 Å². The lowest BCUT2D eigenvalue weighted by molar-refractivity contribution is -0.115. The number of rotatable bonds is 9. The quantitative estimate of drug-likeness (QED) is 0.496. The lowest BCUT2D eigenvalue weighted by Crippen LogP contribution is -2.16. The van der Waals surface area contributed by atoms with E-state index in [9.17, 15) is 13.2 Å². The molecule has 11 heteroatoms. The van der Waals surface area contributed by atoms with E-state index in [0.29, 0.717) is 28.4 Å². The number of nitrogens with zero attached hydrogens (tertiary/aromatic N) is 2. The molecule has 3 aromatic rings. The second-order valence-electron chi connectivity index (χ2n) is 7.29. The number of methoxy groups -OCH3 is 3. The number of aromatic nitrogens is 2. The van der Waals surface area contributed by atoms with Gasteiger partial charge in [-0.05, 0) is 43.7 Å². The van der Waals surface area contributed by atoms with Crippen LogP contribution in [0.5, 0.6) is 17.2 Å². The number of anilines is 1. The fourth-order valence-electron chi connectivity index (χ4n) is 3.01. The van der Waals surface area contributed by atoms with Crippen LogP contribution in [0.4, 0.5) is 6.01 Å². The predicted octanol–water partition coefficient (Wildman–Crippen LogP) is 3.13. The largest absolute Gasteiger partial charge is 0.493 e. The van der Waals surface area contributed by atoms with Crippen LogP contribution in [0.1, 0.15) is 19.4 Å². The predicted molar refractivity (Wildman–Crippen MR) is 120 cm³/mol. The second-order valence-corrected chi connectivity index (χ2v) is 9.79. The van der Waals surface area contributed by atoms with Crippen molar-refractivity contribution in [3.63, 3.8) is 0 Å². The highest BCUT2D eigenvalue weighted by Crippen LogP contribution is 2.41. The first-order valence-electron chi connectivity index (χ1n) is 9.96. The van der Waals surface area contributed by atoms with Gasteiger partial charge in [-0.15, -0.1) is 5.10 Å². The summed E-state index contributed by atoms with van der Waals surface area (Å²) in [6.45, 7) is 3.24. The zero-order valence-electron chi connectivity index (χ0n) is 18.9. The summed E-state index contributed by atoms with van der Waals surface area (Å²) in [5.41, 5.74) is 1.15. The van der Waals surface area contributed by atoms with Gasteiger partial charge < -0.3 is 18.6 Å². The van der Waals surface area contributed by atoms with Crippen LogP contribution < -0.4 is 19.5 Å². The zero-order valence-corrected chi connectivity index (χ0v) is 19.7. The third kappa shape index (κ3) is 5.25. The van der Waals surface area contributed by atoms with Crippen LogP contribution in [0.25, 0.3) is 11.5 Å². The number of sulfone groups is 1. The Kier molecular flexibility index (Phi) is 7.22. The second kappa shape index (κ2) is 9.90. The summed E-state index contributed by atoms with van der Waals surface area (Å²) in [4.78, 5) is 12.6. The molecule has 1 heterocycles. The number of benzene rings is 2. The molecule has 1 aromatic heterocycles. The molecule has 0 spiro atoms. The van der Waals surface area contributed by atoms with Gasteiger partial charge in [-0.25, -0.2) is 8.42 Å². The van der Waals surface area contributed by atoms with Crippen molar-refractivity contribution in [2.24, 2.45) is 0 Å². The minimum Gasteiger partial charge on any atom is -0.493 e. The molecule has 1 amide bonds. The minimum atomic E-state index is -3.37. The smallest absolute Gasteiger partial charge is 0.322 e. The SMILES string of the molecule is COc1cc(-c2nnc(NC(=O)Cc3ccc(S(=O)(=O)C(C)C)cc3)o2)cc(OC)c1OC. The van der Waals surface area contributed by atoms with E-state index >= 15 is 0 Å². The van der Waals surface area contributed by atoms with Gasteiger partial charge in [-0.2, -0.15) is 0 Å². The van der Waals surface area contributed by atoms with Gasteiger partial charge in [0.05, 0.1) is 37.9 Å². The fourth-order valence-corrected chi connectivity index (χ4v) is 4.07. The number of carbonyl (C=O) groups excluding carboxylic acids is 1. The van der Waals surface area contributed by atoms with Crippen molar-refractivity contribution in [2.45, 2.75) is 30.4 Å². The standard InChI is InChI=1S/C22H25N3O7S/c1-13(2)33(27,28)16-8-6-14(7-9-16)10-19(26)23-22-25-24-21(32-22)15-11-17(29-3)20(31-5)18(12-15)30-4/h6-9,11-13H,10H2,1-5H3,(H,23,25,26). The molecule has 2 aromatic carbocycles. The fraction of sp³-hybridized carbons (Fsp3) is 0.318. The Morgan fingerprint density at radius 1 is 1.00 bits per heavy atom. The maximum atomic E-state index is 12.4. The summed E-state index contributed by atoms with van der Waals surface area (Å²) >= 11 is 0. The zero-order chi connectivity index (χ0) is 24.2. The molecular formula is C22H25N3O7S. The summed E-state index contributed by atoms with van der Waals surface area (Å²) < 4.78 is 45.9. The van der Waals surface area contributed by atoms with Crippen LogP contribution in [-0.4, -0.2) is 51.1 Å². The molecule has 0 aliphatic heterocycles. The lowest BCUT2D eigenvalue weighted by Gasteiger charge is -2.12. The molecule has 0 saturated heterocycles. The van der Waals surface area contributed by atoms with Gasteiger partial charge in [0.15, 0.2) is 21.3 Å². The number of hydrogen-bond donors (Lipinski definition) is 1. The number of nitrogens with one attached hydrogen (secondary N) is 1. The Hall–Kier alpha value is -3.60. The highest BCUT2D eigenvalue weighted by atomic mass is 32.2. The van der Waals surface area contributed by atoms with Gasteiger partial charge in [-0.1, -0.05) is 17.2 Å². The molecular weight excluding hydrogens is 450 g/mol. The van der Waals surface area contributed by atoms with E-state index in [1.807, 2.05) is 0 Å². The van der Waals surface area contributed by atoms with Crippen LogP contribution in [-0.2, 0) is 21.1 Å². The third-order valence-electron chi connectivity index (χ3n) is 4.82. The highest BCUT2D eigenvalue weighted by molar-refractivity contribution is 7.92. The lowest BCUT2D eigenvalue weighted by atomic mass is 10.1. The summed E-state index contributed by atoms with van der Waals surface area (Å²) in [5, 5.41) is 9.83. The normalized spacial score (nSPS) is 11.3. The van der Waals surface area contributed by atoms with Crippen LogP contribution in [0.2, 0.25) is 0 Å². The van der Waals surface area contributed by atoms with Crippen LogP contribution in [0.3, 0.4) is 0 Å². The van der Waals surface area contributed by atoms with Crippen molar-refractivity contribution in [1.29, 1.82) is 0 Å². The van der Waals surface area contributed by atoms with Crippen LogP contribution >= 0.6 is 0 Å². The third-order valence-corrected chi connectivity index (χ3v) is 6.99. The molecule has 0 fully saturated rings. The van der Waals surface area contributed by atoms with Gasteiger partial charge in [0.1, 0.15) is 0 Å². The minimum absolute atomic E-state index is 0.00387. The summed E-state index contributed by atoms with van der Waals surface area (Å²) in [6.07, 6.45) is 0.00387. The average molecular weight is 476 g/mol. The Labute approximate surface area is 191 Å². The van der Waals surface area contributed by atoms with Gasteiger partial charge in [0, 0.05) is 5.56 Å². The average Bonchev–Trinajstić information content (AvgIpc) is 3.26. The van der Waals surface area contributed by atoms with E-state index in [1.54, 1.807) is 38.1 Å². The maximum absolute atomic E-state index is 12.4. The first-order valence-corrected chi connectivity index (χ1v) is 11.5. The molecule has 0 aliphatic carbocycles. The highest BCUT2D eigenvalue weighted by Gasteiger charge is 2.20. The number of hydrogen-bond acceptors (Lipinski definition) is 9. The molecule has 0 aliphatic rings. The maximum Gasteiger partial charge on any atom is 0.322 e. The van der Waals surface area contributed by atoms with E-state index < -0.39 is 21.0 Å². The van der Waals surface area contributed by atoms with E-state index in [2.05, 4.69) is 15.5 Å². The van der Waals surface area contributed by atoms with Crippen molar-refractivity contribution >= 4 is 21.8 Å².